The van der Waals surface area contributed by atoms with Crippen molar-refractivity contribution in [3.8, 4) is 17.2 Å². The number of rotatable bonds is 5. The molecule has 0 aliphatic rings. The molecule has 19 heavy (non-hydrogen) atoms. The van der Waals surface area contributed by atoms with Crippen molar-refractivity contribution in [2.45, 2.75) is 26.4 Å². The van der Waals surface area contributed by atoms with Gasteiger partial charge in [-0.05, 0) is 6.07 Å². The van der Waals surface area contributed by atoms with Crippen LogP contribution in [0.4, 0.5) is 0 Å². The molecule has 0 saturated heterocycles. The minimum absolute atomic E-state index is 0.323. The second kappa shape index (κ2) is 5.62. The van der Waals surface area contributed by atoms with Gasteiger partial charge in [-0.15, -0.1) is 0 Å². The van der Waals surface area contributed by atoms with Gasteiger partial charge in [-0.2, -0.15) is 0 Å². The summed E-state index contributed by atoms with van der Waals surface area (Å²) in [6.45, 7) is 2.72. The van der Waals surface area contributed by atoms with Gasteiger partial charge in [-0.25, -0.2) is 4.98 Å². The number of hydrogen-bond acceptors (Lipinski definition) is 6. The zero-order valence-corrected chi connectivity index (χ0v) is 10.6. The van der Waals surface area contributed by atoms with E-state index in [0.29, 0.717) is 24.5 Å². The highest BCUT2D eigenvalue weighted by atomic mass is 16.4. The number of benzene rings is 1. The summed E-state index contributed by atoms with van der Waals surface area (Å²) in [5.41, 5.74) is 0.484. The Morgan fingerprint density at radius 2 is 1.95 bits per heavy atom. The Kier molecular flexibility index (Phi) is 3.91. The number of nitrogens with one attached hydrogen (secondary N) is 1. The normalized spacial score (nSPS) is 10.8. The van der Waals surface area contributed by atoms with Gasteiger partial charge in [0.05, 0.1) is 12.7 Å². The average molecular weight is 264 g/mol. The Morgan fingerprint density at radius 3 is 2.63 bits per heavy atom. The van der Waals surface area contributed by atoms with E-state index in [4.69, 9.17) is 4.42 Å². The van der Waals surface area contributed by atoms with Crippen LogP contribution in [-0.2, 0) is 19.5 Å². The fourth-order valence-corrected chi connectivity index (χ4v) is 1.65. The highest BCUT2D eigenvalue weighted by Crippen LogP contribution is 2.36. The molecular formula is C13H16N2O4. The summed E-state index contributed by atoms with van der Waals surface area (Å²) in [5.74, 6) is 0.209. The van der Waals surface area contributed by atoms with Gasteiger partial charge < -0.3 is 25.1 Å². The van der Waals surface area contributed by atoms with Crippen molar-refractivity contribution in [2.24, 2.45) is 0 Å². The molecule has 0 aliphatic heterocycles. The highest BCUT2D eigenvalue weighted by molar-refractivity contribution is 5.52. The third-order valence-electron chi connectivity index (χ3n) is 2.76. The molecule has 102 valence electrons. The molecule has 0 unspecified atom stereocenters. The summed E-state index contributed by atoms with van der Waals surface area (Å²) in [6, 6.07) is 2.86. The van der Waals surface area contributed by atoms with Gasteiger partial charge in [0.15, 0.2) is 11.5 Å². The largest absolute Gasteiger partial charge is 0.504 e. The molecule has 0 bridgehead atoms. The Labute approximate surface area is 110 Å². The van der Waals surface area contributed by atoms with Gasteiger partial charge in [0.25, 0.3) is 0 Å². The zero-order chi connectivity index (χ0) is 13.8. The number of phenols is 3. The third kappa shape index (κ3) is 2.97. The number of phenolic OH excluding ortho intramolecular Hbond substituents is 3. The molecule has 0 spiro atoms. The summed E-state index contributed by atoms with van der Waals surface area (Å²) in [6.07, 6.45) is 2.47. The van der Waals surface area contributed by atoms with E-state index in [9.17, 15) is 15.3 Å². The van der Waals surface area contributed by atoms with Crippen molar-refractivity contribution in [3.05, 3.63) is 35.5 Å². The quantitative estimate of drug-likeness (QED) is 0.613. The smallest absolute Gasteiger partial charge is 0.208 e. The molecule has 0 saturated carbocycles. The van der Waals surface area contributed by atoms with E-state index >= 15 is 0 Å². The van der Waals surface area contributed by atoms with Crippen LogP contribution in [0, 0.1) is 0 Å². The van der Waals surface area contributed by atoms with Gasteiger partial charge in [0.2, 0.25) is 11.6 Å². The molecule has 1 aromatic carbocycles. The second-order valence-corrected chi connectivity index (χ2v) is 4.12. The number of hydrogen-bond donors (Lipinski definition) is 4. The predicted octanol–water partition coefficient (Wildman–Crippen LogP) is 1.64. The Morgan fingerprint density at radius 1 is 1.16 bits per heavy atom. The molecule has 6 heteroatoms. The fraction of sp³-hybridized carbons (Fsp3) is 0.308. The second-order valence-electron chi connectivity index (χ2n) is 4.12. The lowest BCUT2D eigenvalue weighted by atomic mass is 10.1. The monoisotopic (exact) mass is 264 g/mol. The molecule has 1 aromatic heterocycles. The highest BCUT2D eigenvalue weighted by Gasteiger charge is 2.10. The summed E-state index contributed by atoms with van der Waals surface area (Å²) in [4.78, 5) is 4.09. The van der Waals surface area contributed by atoms with Crippen molar-refractivity contribution in [1.29, 1.82) is 0 Å². The summed E-state index contributed by atoms with van der Waals surface area (Å²) in [5, 5.41) is 31.2. The Balaban J connectivity index is 1.94. The van der Waals surface area contributed by atoms with Gasteiger partial charge in [0, 0.05) is 18.5 Å². The van der Waals surface area contributed by atoms with E-state index in [1.54, 1.807) is 6.20 Å². The van der Waals surface area contributed by atoms with Crippen LogP contribution < -0.4 is 5.32 Å². The van der Waals surface area contributed by atoms with Gasteiger partial charge in [0.1, 0.15) is 5.76 Å². The van der Waals surface area contributed by atoms with Crippen LogP contribution in [0.2, 0.25) is 0 Å². The average Bonchev–Trinajstić information content (AvgIpc) is 2.87. The van der Waals surface area contributed by atoms with Crippen LogP contribution in [0.5, 0.6) is 17.2 Å². The summed E-state index contributed by atoms with van der Waals surface area (Å²) >= 11 is 0. The molecule has 6 nitrogen and oxygen atoms in total. The van der Waals surface area contributed by atoms with Crippen molar-refractivity contribution >= 4 is 0 Å². The molecule has 0 fully saturated rings. The minimum atomic E-state index is -0.510. The lowest BCUT2D eigenvalue weighted by molar-refractivity contribution is 0.363. The number of aromatic nitrogens is 1. The van der Waals surface area contributed by atoms with Crippen LogP contribution in [0.25, 0.3) is 0 Å². The van der Waals surface area contributed by atoms with E-state index in [1.165, 1.54) is 12.1 Å². The SMILES string of the molecule is CCc1cnc(CNCc2ccc(O)c(O)c2O)o1. The van der Waals surface area contributed by atoms with Gasteiger partial charge >= 0.3 is 0 Å². The van der Waals surface area contributed by atoms with Crippen LogP contribution in [0.15, 0.2) is 22.7 Å². The first-order valence-corrected chi connectivity index (χ1v) is 5.99. The van der Waals surface area contributed by atoms with Crippen molar-refractivity contribution in [3.63, 3.8) is 0 Å². The predicted molar refractivity (Wildman–Crippen MR) is 67.9 cm³/mol. The van der Waals surface area contributed by atoms with E-state index in [-0.39, 0.29) is 11.5 Å². The first kappa shape index (κ1) is 13.2. The van der Waals surface area contributed by atoms with Crippen molar-refractivity contribution in [2.75, 3.05) is 0 Å². The number of aryl methyl sites for hydroxylation is 1. The van der Waals surface area contributed by atoms with Crippen LogP contribution in [0.3, 0.4) is 0 Å². The summed E-state index contributed by atoms with van der Waals surface area (Å²) in [7, 11) is 0. The Bertz CT molecular complexity index is 566. The fourth-order valence-electron chi connectivity index (χ4n) is 1.65. The summed E-state index contributed by atoms with van der Waals surface area (Å²) < 4.78 is 5.42. The van der Waals surface area contributed by atoms with Crippen LogP contribution in [-0.4, -0.2) is 20.3 Å². The molecule has 0 aliphatic carbocycles. The molecule has 2 rings (SSSR count). The first-order chi connectivity index (χ1) is 9.11. The van der Waals surface area contributed by atoms with Gasteiger partial charge in [-0.3, -0.25) is 0 Å². The standard InChI is InChI=1S/C13H16N2O4/c1-2-9-6-15-11(19-9)7-14-5-8-3-4-10(16)13(18)12(8)17/h3-4,6,14,16-18H,2,5,7H2,1H3. The molecule has 0 radical (unpaired) electrons. The van der Waals surface area contributed by atoms with Gasteiger partial charge in [-0.1, -0.05) is 13.0 Å². The number of nitrogens with zero attached hydrogens (tertiary/aromatic N) is 1. The van der Waals surface area contributed by atoms with E-state index in [2.05, 4.69) is 10.3 Å². The van der Waals surface area contributed by atoms with Crippen molar-refractivity contribution < 1.29 is 19.7 Å². The van der Waals surface area contributed by atoms with E-state index in [0.717, 1.165) is 12.2 Å². The molecule has 2 aromatic rings. The number of oxazole rings is 1. The Hall–Kier alpha value is -2.21. The topological polar surface area (TPSA) is 98.8 Å². The zero-order valence-electron chi connectivity index (χ0n) is 10.6. The first-order valence-electron chi connectivity index (χ1n) is 5.99. The molecular weight excluding hydrogens is 248 g/mol. The van der Waals surface area contributed by atoms with Crippen molar-refractivity contribution in [1.82, 2.24) is 10.3 Å². The molecule has 0 amide bonds. The molecule has 1 heterocycles. The minimum Gasteiger partial charge on any atom is -0.504 e. The lowest BCUT2D eigenvalue weighted by Crippen LogP contribution is -2.12. The number of aromatic hydroxyl groups is 3. The maximum Gasteiger partial charge on any atom is 0.208 e. The molecule has 0 atom stereocenters. The third-order valence-corrected chi connectivity index (χ3v) is 2.76. The van der Waals surface area contributed by atoms with Crippen LogP contribution >= 0.6 is 0 Å². The van der Waals surface area contributed by atoms with E-state index in [1.807, 2.05) is 6.92 Å². The molecule has 4 N–H and O–H groups in total. The maximum atomic E-state index is 9.63. The lowest BCUT2D eigenvalue weighted by Gasteiger charge is -2.07. The maximum absolute atomic E-state index is 9.63. The van der Waals surface area contributed by atoms with Crippen LogP contribution in [0.1, 0.15) is 24.1 Å². The van der Waals surface area contributed by atoms with E-state index < -0.39 is 5.75 Å².